The quantitative estimate of drug-likeness (QED) is 0.780. The molecule has 5 rings (SSSR count). The highest BCUT2D eigenvalue weighted by Crippen LogP contribution is 2.33. The van der Waals surface area contributed by atoms with E-state index in [0.717, 1.165) is 0 Å². The maximum atomic E-state index is 3.61. The van der Waals surface area contributed by atoms with Crippen molar-refractivity contribution in [1.82, 2.24) is 10.9 Å². The summed E-state index contributed by atoms with van der Waals surface area (Å²) in [6.07, 6.45) is 8.93. The molecule has 1 saturated heterocycles. The van der Waals surface area contributed by atoms with E-state index in [2.05, 4.69) is 93.7 Å². The van der Waals surface area contributed by atoms with Crippen LogP contribution < -0.4 is 20.9 Å². The third-order valence-electron chi connectivity index (χ3n) is 4.41. The van der Waals surface area contributed by atoms with E-state index in [4.69, 9.17) is 0 Å². The maximum absolute atomic E-state index is 3.61. The maximum Gasteiger partial charge on any atom is 0.131 e. The second-order valence-electron chi connectivity index (χ2n) is 5.72. The minimum atomic E-state index is 0.103. The van der Waals surface area contributed by atoms with Crippen molar-refractivity contribution in [2.24, 2.45) is 0 Å². The first-order valence-corrected chi connectivity index (χ1v) is 7.55. The van der Waals surface area contributed by atoms with Gasteiger partial charge in [-0.3, -0.25) is 10.0 Å². The minimum absolute atomic E-state index is 0.103. The average Bonchev–Trinajstić information content (AvgIpc) is 2.60. The summed E-state index contributed by atoms with van der Waals surface area (Å²) >= 11 is 0. The van der Waals surface area contributed by atoms with Crippen LogP contribution in [0, 0.1) is 0 Å². The molecule has 3 aliphatic rings. The standard InChI is InChI=1S/C18H16N4/c1-3-7-15-13(5-1)9-11-17-20-22-16-8-4-2-6-14(16)10-12-18(22)19-21(15)17/h1-12,17-20H. The van der Waals surface area contributed by atoms with Gasteiger partial charge in [-0.1, -0.05) is 48.6 Å². The van der Waals surface area contributed by atoms with Gasteiger partial charge in [-0.15, -0.1) is 0 Å². The van der Waals surface area contributed by atoms with E-state index < -0.39 is 0 Å². The first-order valence-electron chi connectivity index (χ1n) is 7.55. The van der Waals surface area contributed by atoms with Crippen LogP contribution in [0.4, 0.5) is 11.4 Å². The summed E-state index contributed by atoms with van der Waals surface area (Å²) in [5.74, 6) is 0. The van der Waals surface area contributed by atoms with Crippen molar-refractivity contribution in [1.29, 1.82) is 0 Å². The van der Waals surface area contributed by atoms with Crippen LogP contribution in [0.3, 0.4) is 0 Å². The van der Waals surface area contributed by atoms with Gasteiger partial charge < -0.3 is 0 Å². The number of hydrogen-bond donors (Lipinski definition) is 2. The summed E-state index contributed by atoms with van der Waals surface area (Å²) in [5, 5.41) is 4.41. The molecule has 2 N–H and O–H groups in total. The van der Waals surface area contributed by atoms with Gasteiger partial charge in [0.25, 0.3) is 0 Å². The van der Waals surface area contributed by atoms with E-state index in [0.29, 0.717) is 0 Å². The van der Waals surface area contributed by atoms with Gasteiger partial charge >= 0.3 is 0 Å². The fourth-order valence-electron chi connectivity index (χ4n) is 3.34. The third kappa shape index (κ3) is 1.65. The zero-order valence-electron chi connectivity index (χ0n) is 12.0. The van der Waals surface area contributed by atoms with Crippen LogP contribution >= 0.6 is 0 Å². The Labute approximate surface area is 129 Å². The van der Waals surface area contributed by atoms with Crippen molar-refractivity contribution < 1.29 is 0 Å². The Morgan fingerprint density at radius 1 is 0.636 bits per heavy atom. The SMILES string of the molecule is C1=CC2NN3c4ccccc4C=CC3NN2c2ccccc21. The molecule has 0 bridgehead atoms. The Balaban J connectivity index is 1.55. The molecule has 0 spiro atoms. The highest BCUT2D eigenvalue weighted by atomic mass is 15.8. The number of fused-ring (bicyclic) bond motifs is 6. The lowest BCUT2D eigenvalue weighted by atomic mass is 10.1. The second kappa shape index (κ2) is 4.47. The van der Waals surface area contributed by atoms with E-state index in [1.54, 1.807) is 0 Å². The first-order chi connectivity index (χ1) is 10.9. The zero-order chi connectivity index (χ0) is 14.5. The molecule has 4 heteroatoms. The molecule has 1 fully saturated rings. The number of hydrazine groups is 2. The lowest BCUT2D eigenvalue weighted by molar-refractivity contribution is 0.352. The zero-order valence-corrected chi connectivity index (χ0v) is 12.0. The molecule has 22 heavy (non-hydrogen) atoms. The van der Waals surface area contributed by atoms with Crippen LogP contribution in [-0.4, -0.2) is 12.3 Å². The lowest BCUT2D eigenvalue weighted by Gasteiger charge is -2.50. The summed E-state index contributed by atoms with van der Waals surface area (Å²) in [6.45, 7) is 0. The van der Waals surface area contributed by atoms with Crippen LogP contribution in [0.5, 0.6) is 0 Å². The van der Waals surface area contributed by atoms with Crippen LogP contribution in [0.1, 0.15) is 11.1 Å². The Hall–Kier alpha value is -2.56. The predicted octanol–water partition coefficient (Wildman–Crippen LogP) is 2.73. The van der Waals surface area contributed by atoms with E-state index in [-0.39, 0.29) is 12.3 Å². The van der Waals surface area contributed by atoms with Crippen molar-refractivity contribution >= 4 is 23.5 Å². The molecule has 108 valence electrons. The Bertz CT molecular complexity index is 728. The molecule has 2 atom stereocenters. The molecule has 3 aliphatic heterocycles. The smallest absolute Gasteiger partial charge is 0.131 e. The molecule has 2 aromatic rings. The lowest BCUT2D eigenvalue weighted by Crippen LogP contribution is -2.72. The van der Waals surface area contributed by atoms with Crippen molar-refractivity contribution in [3.05, 3.63) is 71.8 Å². The molecule has 2 unspecified atom stereocenters. The molecular weight excluding hydrogens is 272 g/mol. The average molecular weight is 288 g/mol. The fourth-order valence-corrected chi connectivity index (χ4v) is 3.34. The van der Waals surface area contributed by atoms with Gasteiger partial charge in [0.1, 0.15) is 12.3 Å². The predicted molar refractivity (Wildman–Crippen MR) is 89.8 cm³/mol. The molecule has 3 heterocycles. The second-order valence-corrected chi connectivity index (χ2v) is 5.72. The summed E-state index contributed by atoms with van der Waals surface area (Å²) < 4.78 is 0. The number of para-hydroxylation sites is 2. The van der Waals surface area contributed by atoms with Gasteiger partial charge in [0.05, 0.1) is 11.4 Å². The highest BCUT2D eigenvalue weighted by Gasteiger charge is 2.35. The molecular formula is C18H16N4. The normalized spacial score (nSPS) is 24.4. The molecule has 0 aromatic heterocycles. The molecule has 0 radical (unpaired) electrons. The Morgan fingerprint density at radius 2 is 1.09 bits per heavy atom. The highest BCUT2D eigenvalue weighted by molar-refractivity contribution is 5.75. The van der Waals surface area contributed by atoms with Gasteiger partial charge in [-0.25, -0.2) is 10.9 Å². The summed E-state index contributed by atoms with van der Waals surface area (Å²) in [5.41, 5.74) is 12.1. The number of hydrogen-bond acceptors (Lipinski definition) is 4. The molecule has 0 amide bonds. The topological polar surface area (TPSA) is 30.5 Å². The van der Waals surface area contributed by atoms with Crippen molar-refractivity contribution in [3.63, 3.8) is 0 Å². The first kappa shape index (κ1) is 12.0. The van der Waals surface area contributed by atoms with Crippen molar-refractivity contribution in [2.45, 2.75) is 12.3 Å². The van der Waals surface area contributed by atoms with Gasteiger partial charge in [0, 0.05) is 0 Å². The van der Waals surface area contributed by atoms with Gasteiger partial charge in [-0.2, -0.15) is 0 Å². The number of benzene rings is 2. The van der Waals surface area contributed by atoms with Crippen molar-refractivity contribution in [2.75, 3.05) is 10.0 Å². The van der Waals surface area contributed by atoms with Crippen LogP contribution in [0.2, 0.25) is 0 Å². The molecule has 0 saturated carbocycles. The number of rotatable bonds is 0. The van der Waals surface area contributed by atoms with Crippen LogP contribution in [-0.2, 0) is 0 Å². The van der Waals surface area contributed by atoms with Crippen LogP contribution in [0.25, 0.3) is 12.2 Å². The van der Waals surface area contributed by atoms with E-state index in [9.17, 15) is 0 Å². The van der Waals surface area contributed by atoms with Gasteiger partial charge in [0.15, 0.2) is 0 Å². The number of nitrogens with zero attached hydrogens (tertiary/aromatic N) is 2. The summed E-state index contributed by atoms with van der Waals surface area (Å²) in [6, 6.07) is 16.9. The minimum Gasteiger partial charge on any atom is -0.283 e. The number of anilines is 2. The Morgan fingerprint density at radius 3 is 1.59 bits per heavy atom. The number of nitrogens with one attached hydrogen (secondary N) is 2. The van der Waals surface area contributed by atoms with Crippen LogP contribution in [0.15, 0.2) is 60.7 Å². The van der Waals surface area contributed by atoms with Gasteiger partial charge in [-0.05, 0) is 35.4 Å². The summed E-state index contributed by atoms with van der Waals surface area (Å²) in [7, 11) is 0. The largest absolute Gasteiger partial charge is 0.283 e. The molecule has 4 nitrogen and oxygen atoms in total. The molecule has 2 aromatic carbocycles. The third-order valence-corrected chi connectivity index (χ3v) is 4.41. The molecule has 0 aliphatic carbocycles. The fraction of sp³-hybridized carbons (Fsp3) is 0.111. The van der Waals surface area contributed by atoms with Crippen molar-refractivity contribution in [3.8, 4) is 0 Å². The van der Waals surface area contributed by atoms with E-state index >= 15 is 0 Å². The van der Waals surface area contributed by atoms with E-state index in [1.807, 2.05) is 0 Å². The Kier molecular flexibility index (Phi) is 2.44. The monoisotopic (exact) mass is 288 g/mol. The van der Waals surface area contributed by atoms with E-state index in [1.165, 1.54) is 22.5 Å². The van der Waals surface area contributed by atoms with Gasteiger partial charge in [0.2, 0.25) is 0 Å². The summed E-state index contributed by atoms with van der Waals surface area (Å²) in [4.78, 5) is 0.